The summed E-state index contributed by atoms with van der Waals surface area (Å²) >= 11 is 1.61. The number of nitrogens with zero attached hydrogens (tertiary/aromatic N) is 3. The Bertz CT molecular complexity index is 1220. The summed E-state index contributed by atoms with van der Waals surface area (Å²) < 4.78 is 5.35. The van der Waals surface area contributed by atoms with Crippen LogP contribution in [0.1, 0.15) is 71.1 Å². The summed E-state index contributed by atoms with van der Waals surface area (Å²) in [4.78, 5) is 18.3. The van der Waals surface area contributed by atoms with Crippen LogP contribution in [0.2, 0.25) is 0 Å². The van der Waals surface area contributed by atoms with E-state index in [2.05, 4.69) is 20.8 Å². The molecular weight excluding hydrogens is 462 g/mol. The number of nitrogens with two attached hydrogens (primary N) is 2. The molecule has 0 radical (unpaired) electrons. The first-order valence-corrected chi connectivity index (χ1v) is 12.5. The second-order valence-corrected chi connectivity index (χ2v) is 10.9. The largest absolute Gasteiger partial charge is 0.396 e. The van der Waals surface area contributed by atoms with Crippen molar-refractivity contribution in [2.75, 3.05) is 23.4 Å². The minimum absolute atomic E-state index is 0.203. The molecule has 0 spiro atoms. The van der Waals surface area contributed by atoms with E-state index < -0.39 is 0 Å². The van der Waals surface area contributed by atoms with Gasteiger partial charge in [-0.3, -0.25) is 9.80 Å². The average molecular weight is 496 g/mol. The van der Waals surface area contributed by atoms with Crippen LogP contribution in [0.3, 0.4) is 0 Å². The summed E-state index contributed by atoms with van der Waals surface area (Å²) in [5.41, 5.74) is 8.70. The molecule has 0 unspecified atom stereocenters. The fourth-order valence-corrected chi connectivity index (χ4v) is 4.88. The highest BCUT2D eigenvalue weighted by molar-refractivity contribution is 7.12. The zero-order valence-electron chi connectivity index (χ0n) is 20.6. The minimum Gasteiger partial charge on any atom is -0.396 e. The van der Waals surface area contributed by atoms with Gasteiger partial charge in [0.1, 0.15) is 5.76 Å². The molecule has 9 nitrogen and oxygen atoms in total. The first-order chi connectivity index (χ1) is 16.6. The molecular formula is C25H33N7O2S. The highest BCUT2D eigenvalue weighted by Crippen LogP contribution is 2.31. The third kappa shape index (κ3) is 5.90. The highest BCUT2D eigenvalue weighted by atomic mass is 32.1. The Labute approximate surface area is 209 Å². The molecule has 0 aliphatic carbocycles. The molecule has 2 aromatic heterocycles. The van der Waals surface area contributed by atoms with E-state index in [1.165, 1.54) is 5.01 Å². The summed E-state index contributed by atoms with van der Waals surface area (Å²) in [5.74, 6) is 7.57. The maximum Gasteiger partial charge on any atom is 0.256 e. The van der Waals surface area contributed by atoms with Gasteiger partial charge in [-0.2, -0.15) is 0 Å². The van der Waals surface area contributed by atoms with E-state index in [0.29, 0.717) is 34.4 Å². The number of nitrogens with one attached hydrogen (secondary N) is 2. The number of hydrazine groups is 1. The third-order valence-corrected chi connectivity index (χ3v) is 7.22. The molecule has 3 heterocycles. The Hall–Kier alpha value is -3.21. The first-order valence-electron chi connectivity index (χ1n) is 11.7. The molecule has 0 atom stereocenters. The molecule has 10 heteroatoms. The number of piperidine rings is 1. The van der Waals surface area contributed by atoms with Gasteiger partial charge in [0.2, 0.25) is 0 Å². The SMILES string of the molecule is Cc1ccc(C(=O)Nc2cc(C(C)(C)C)on2)cc1N(N)/C=C(\N)c1cnc(C2CCNCC2)s1. The quantitative estimate of drug-likeness (QED) is 0.297. The number of hydrogen-bond acceptors (Lipinski definition) is 9. The lowest BCUT2D eigenvalue weighted by molar-refractivity contribution is 0.102. The van der Waals surface area contributed by atoms with Crippen molar-refractivity contribution < 1.29 is 9.32 Å². The lowest BCUT2D eigenvalue weighted by Gasteiger charge is -2.20. The van der Waals surface area contributed by atoms with Crippen molar-refractivity contribution in [1.82, 2.24) is 15.5 Å². The van der Waals surface area contributed by atoms with Gasteiger partial charge in [-0.05, 0) is 50.6 Å². The van der Waals surface area contributed by atoms with Gasteiger partial charge in [-0.25, -0.2) is 10.8 Å². The number of rotatable bonds is 6. The number of carbonyl (C=O) groups excluding carboxylic acids is 1. The first kappa shape index (κ1) is 24.9. The maximum atomic E-state index is 12.9. The Balaban J connectivity index is 1.48. The Morgan fingerprint density at radius 2 is 2.03 bits per heavy atom. The van der Waals surface area contributed by atoms with Crippen LogP contribution in [0, 0.1) is 6.92 Å². The lowest BCUT2D eigenvalue weighted by Crippen LogP contribution is -2.27. The summed E-state index contributed by atoms with van der Waals surface area (Å²) in [6.45, 7) is 10.00. The van der Waals surface area contributed by atoms with Gasteiger partial charge in [-0.15, -0.1) is 11.3 Å². The molecule has 1 aliphatic rings. The van der Waals surface area contributed by atoms with Crippen molar-refractivity contribution in [1.29, 1.82) is 0 Å². The van der Waals surface area contributed by atoms with Gasteiger partial charge in [0.15, 0.2) is 5.82 Å². The third-order valence-electron chi connectivity index (χ3n) is 6.02. The smallest absolute Gasteiger partial charge is 0.256 e. The lowest BCUT2D eigenvalue weighted by atomic mass is 9.93. The summed E-state index contributed by atoms with van der Waals surface area (Å²) in [6.07, 6.45) is 5.64. The van der Waals surface area contributed by atoms with Crippen molar-refractivity contribution in [3.63, 3.8) is 0 Å². The van der Waals surface area contributed by atoms with Crippen LogP contribution in [0.25, 0.3) is 5.70 Å². The van der Waals surface area contributed by atoms with Crippen LogP contribution in [-0.2, 0) is 5.41 Å². The normalized spacial score (nSPS) is 15.3. The molecule has 0 bridgehead atoms. The van der Waals surface area contributed by atoms with E-state index >= 15 is 0 Å². The van der Waals surface area contributed by atoms with Crippen LogP contribution in [-0.4, -0.2) is 29.1 Å². The van der Waals surface area contributed by atoms with Crippen molar-refractivity contribution in [2.45, 2.75) is 51.9 Å². The van der Waals surface area contributed by atoms with Crippen molar-refractivity contribution in [2.24, 2.45) is 11.6 Å². The number of aromatic nitrogens is 2. The predicted molar refractivity (Wildman–Crippen MR) is 140 cm³/mol. The number of benzene rings is 1. The minimum atomic E-state index is -0.306. The fourth-order valence-electron chi connectivity index (χ4n) is 3.87. The second kappa shape index (κ2) is 10.2. The van der Waals surface area contributed by atoms with Gasteiger partial charge >= 0.3 is 0 Å². The summed E-state index contributed by atoms with van der Waals surface area (Å²) in [6, 6.07) is 7.05. The molecule has 35 heavy (non-hydrogen) atoms. The molecule has 1 amide bonds. The van der Waals surface area contributed by atoms with E-state index in [9.17, 15) is 4.79 Å². The predicted octanol–water partition coefficient (Wildman–Crippen LogP) is 4.09. The Kier molecular flexibility index (Phi) is 7.25. The fraction of sp³-hybridized carbons (Fsp3) is 0.400. The number of hydrogen-bond donors (Lipinski definition) is 4. The highest BCUT2D eigenvalue weighted by Gasteiger charge is 2.21. The van der Waals surface area contributed by atoms with Gasteiger partial charge in [0, 0.05) is 35.4 Å². The summed E-state index contributed by atoms with van der Waals surface area (Å²) in [5, 5.41) is 12.7. The van der Waals surface area contributed by atoms with Gasteiger partial charge < -0.3 is 20.9 Å². The molecule has 6 N–H and O–H groups in total. The Morgan fingerprint density at radius 3 is 2.71 bits per heavy atom. The number of thiazole rings is 1. The number of aryl methyl sites for hydroxylation is 1. The van der Waals surface area contributed by atoms with E-state index in [-0.39, 0.29) is 11.3 Å². The standard InChI is InChI=1S/C25H33N7O2S/c1-15-5-6-17(23(33)30-22-12-21(34-31-22)25(2,3)4)11-19(15)32(27)14-18(26)20-13-29-24(35-20)16-7-9-28-10-8-16/h5-6,11-14,16,28H,7-10,26-27H2,1-4H3,(H,30,31,33)/b18-14-. The van der Waals surface area contributed by atoms with Crippen molar-refractivity contribution in [3.05, 3.63) is 63.4 Å². The molecule has 1 saturated heterocycles. The molecule has 0 saturated carbocycles. The molecule has 1 aromatic carbocycles. The molecule has 4 rings (SSSR count). The molecule has 3 aromatic rings. The topological polar surface area (TPSA) is 135 Å². The Morgan fingerprint density at radius 1 is 1.29 bits per heavy atom. The van der Waals surface area contributed by atoms with Crippen LogP contribution in [0.15, 0.2) is 41.2 Å². The van der Waals surface area contributed by atoms with Gasteiger partial charge in [-0.1, -0.05) is 32.0 Å². The second-order valence-electron chi connectivity index (χ2n) is 9.86. The van der Waals surface area contributed by atoms with E-state index in [1.54, 1.807) is 35.7 Å². The van der Waals surface area contributed by atoms with Crippen LogP contribution >= 0.6 is 11.3 Å². The van der Waals surface area contributed by atoms with Gasteiger partial charge in [0.25, 0.3) is 5.91 Å². The van der Waals surface area contributed by atoms with Crippen LogP contribution in [0.5, 0.6) is 0 Å². The van der Waals surface area contributed by atoms with Crippen molar-refractivity contribution in [3.8, 4) is 0 Å². The van der Waals surface area contributed by atoms with E-state index in [1.807, 2.05) is 40.0 Å². The zero-order chi connectivity index (χ0) is 25.2. The maximum absolute atomic E-state index is 12.9. The number of carbonyl (C=O) groups is 1. The van der Waals surface area contributed by atoms with Crippen molar-refractivity contribution >= 4 is 34.4 Å². The van der Waals surface area contributed by atoms with Crippen LogP contribution < -0.4 is 27.2 Å². The average Bonchev–Trinajstić information content (AvgIpc) is 3.50. The molecule has 186 valence electrons. The molecule has 1 fully saturated rings. The number of amides is 1. The monoisotopic (exact) mass is 495 g/mol. The van der Waals surface area contributed by atoms with E-state index in [4.69, 9.17) is 16.1 Å². The van der Waals surface area contributed by atoms with E-state index in [0.717, 1.165) is 41.4 Å². The molecule has 1 aliphatic heterocycles. The zero-order valence-corrected chi connectivity index (χ0v) is 21.4. The summed E-state index contributed by atoms with van der Waals surface area (Å²) in [7, 11) is 0. The number of anilines is 2. The van der Waals surface area contributed by atoms with Crippen LogP contribution in [0.4, 0.5) is 11.5 Å². The van der Waals surface area contributed by atoms with Gasteiger partial charge in [0.05, 0.1) is 21.3 Å².